The number of nitrogens with zero attached hydrogens (tertiary/aromatic N) is 3. The van der Waals surface area contributed by atoms with Gasteiger partial charge in [-0.2, -0.15) is 5.26 Å². The SMILES string of the molecule is N#Cc1ccccc1C1(F)CCN(CCCN2C(=O)NC3(CCc4cc(Cl)ccc43)C2=O)CC1. The molecule has 1 unspecified atom stereocenters. The number of benzene rings is 2. The monoisotopic (exact) mass is 480 g/mol. The van der Waals surface area contributed by atoms with Crippen molar-refractivity contribution in [1.29, 1.82) is 5.26 Å². The maximum absolute atomic E-state index is 15.6. The minimum atomic E-state index is -1.50. The van der Waals surface area contributed by atoms with E-state index in [2.05, 4.69) is 16.3 Å². The molecule has 2 heterocycles. The Morgan fingerprint density at radius 3 is 2.59 bits per heavy atom. The molecule has 8 heteroatoms. The number of halogens is 2. The molecule has 1 aliphatic carbocycles. The van der Waals surface area contributed by atoms with Crippen LogP contribution in [0.15, 0.2) is 42.5 Å². The van der Waals surface area contributed by atoms with Crippen molar-refractivity contribution in [2.75, 3.05) is 26.2 Å². The van der Waals surface area contributed by atoms with Gasteiger partial charge in [0.15, 0.2) is 0 Å². The van der Waals surface area contributed by atoms with Crippen molar-refractivity contribution in [2.45, 2.75) is 43.3 Å². The van der Waals surface area contributed by atoms with Crippen LogP contribution in [0, 0.1) is 11.3 Å². The molecule has 0 aromatic heterocycles. The molecule has 2 aromatic carbocycles. The van der Waals surface area contributed by atoms with Crippen LogP contribution in [0.3, 0.4) is 0 Å². The third-order valence-electron chi connectivity index (χ3n) is 7.51. The Hall–Kier alpha value is -2.95. The lowest BCUT2D eigenvalue weighted by Crippen LogP contribution is -2.43. The van der Waals surface area contributed by atoms with E-state index in [1.165, 1.54) is 4.90 Å². The molecule has 2 aromatic rings. The van der Waals surface area contributed by atoms with Crippen molar-refractivity contribution in [3.63, 3.8) is 0 Å². The second-order valence-electron chi connectivity index (χ2n) is 9.41. The number of nitriles is 1. The molecule has 2 saturated heterocycles. The number of alkyl halides is 1. The van der Waals surface area contributed by atoms with Crippen molar-refractivity contribution in [1.82, 2.24) is 15.1 Å². The van der Waals surface area contributed by atoms with Crippen LogP contribution in [0.1, 0.15) is 47.9 Å². The topological polar surface area (TPSA) is 76.4 Å². The van der Waals surface area contributed by atoms with Crippen molar-refractivity contribution in [2.24, 2.45) is 0 Å². The zero-order valence-corrected chi connectivity index (χ0v) is 19.6. The first-order valence-corrected chi connectivity index (χ1v) is 12.1. The predicted molar refractivity (Wildman–Crippen MR) is 126 cm³/mol. The second kappa shape index (κ2) is 8.68. The average molecular weight is 481 g/mol. The first-order valence-electron chi connectivity index (χ1n) is 11.7. The van der Waals surface area contributed by atoms with Crippen LogP contribution in [-0.4, -0.2) is 47.9 Å². The standard InChI is InChI=1S/C26H26ClFN4O2/c27-20-6-7-22-18(16-20)8-9-26(22)23(33)32(24(34)30-26)13-3-12-31-14-10-25(28,11-15-31)21-5-2-1-4-19(21)17-29/h1-2,4-7,16H,3,8-15H2,(H,30,34). The summed E-state index contributed by atoms with van der Waals surface area (Å²) in [6, 6.07) is 14.1. The Kier molecular flexibility index (Phi) is 5.83. The van der Waals surface area contributed by atoms with Crippen LogP contribution >= 0.6 is 11.6 Å². The lowest BCUT2D eigenvalue weighted by Gasteiger charge is -2.37. The Morgan fingerprint density at radius 1 is 1.06 bits per heavy atom. The number of carbonyl (C=O) groups excluding carboxylic acids is 2. The smallest absolute Gasteiger partial charge is 0.319 e. The molecule has 0 radical (unpaired) electrons. The molecular formula is C26H26ClFN4O2. The van der Waals surface area contributed by atoms with Crippen molar-refractivity contribution >= 4 is 23.5 Å². The molecule has 1 N–H and O–H groups in total. The largest absolute Gasteiger partial charge is 0.325 e. The minimum absolute atomic E-state index is 0.201. The number of piperidine rings is 1. The number of urea groups is 1. The number of hydrogen-bond acceptors (Lipinski definition) is 4. The number of hydrogen-bond donors (Lipinski definition) is 1. The van der Waals surface area contributed by atoms with E-state index in [4.69, 9.17) is 11.6 Å². The van der Waals surface area contributed by atoms with Crippen molar-refractivity contribution < 1.29 is 14.0 Å². The summed E-state index contributed by atoms with van der Waals surface area (Å²) in [7, 11) is 0. The molecular weight excluding hydrogens is 455 g/mol. The molecule has 34 heavy (non-hydrogen) atoms. The zero-order valence-electron chi connectivity index (χ0n) is 18.8. The molecule has 3 aliphatic rings. The highest BCUT2D eigenvalue weighted by molar-refractivity contribution is 6.30. The highest BCUT2D eigenvalue weighted by Gasteiger charge is 2.55. The summed E-state index contributed by atoms with van der Waals surface area (Å²) >= 11 is 6.10. The van der Waals surface area contributed by atoms with Crippen LogP contribution in [0.4, 0.5) is 9.18 Å². The van der Waals surface area contributed by atoms with Gasteiger partial charge in [0, 0.05) is 30.2 Å². The summed E-state index contributed by atoms with van der Waals surface area (Å²) in [6.07, 6.45) is 2.49. The highest BCUT2D eigenvalue weighted by Crippen LogP contribution is 2.42. The molecule has 5 rings (SSSR count). The third-order valence-corrected chi connectivity index (χ3v) is 7.74. The number of amides is 3. The molecule has 1 spiro atoms. The van der Waals surface area contributed by atoms with Crippen molar-refractivity contribution in [3.05, 3.63) is 69.7 Å². The van der Waals surface area contributed by atoms with Crippen molar-refractivity contribution in [3.8, 4) is 6.07 Å². The van der Waals surface area contributed by atoms with Crippen LogP contribution < -0.4 is 5.32 Å². The number of imide groups is 1. The summed E-state index contributed by atoms with van der Waals surface area (Å²) in [5.74, 6) is -0.201. The Bertz CT molecular complexity index is 1190. The summed E-state index contributed by atoms with van der Waals surface area (Å²) in [6.45, 7) is 2.12. The Labute approximate surface area is 203 Å². The fourth-order valence-corrected chi connectivity index (χ4v) is 5.84. The van der Waals surface area contributed by atoms with Gasteiger partial charge in [-0.15, -0.1) is 0 Å². The summed E-state index contributed by atoms with van der Waals surface area (Å²) in [5.41, 5.74) is 0.222. The van der Waals surface area contributed by atoms with E-state index in [-0.39, 0.29) is 11.9 Å². The van der Waals surface area contributed by atoms with Crippen LogP contribution in [0.25, 0.3) is 0 Å². The van der Waals surface area contributed by atoms with Gasteiger partial charge in [-0.1, -0.05) is 35.9 Å². The van der Waals surface area contributed by atoms with E-state index in [0.717, 1.165) is 11.1 Å². The molecule has 0 bridgehead atoms. The van der Waals surface area contributed by atoms with Gasteiger partial charge in [-0.05, 0) is 68.0 Å². The fraction of sp³-hybridized carbons (Fsp3) is 0.423. The van der Waals surface area contributed by atoms with Gasteiger partial charge in [0.05, 0.1) is 11.6 Å². The fourth-order valence-electron chi connectivity index (χ4n) is 5.65. The number of nitrogens with one attached hydrogen (secondary N) is 1. The molecule has 1 atom stereocenters. The molecule has 2 aliphatic heterocycles. The van der Waals surface area contributed by atoms with Gasteiger partial charge in [0.2, 0.25) is 0 Å². The molecule has 0 saturated carbocycles. The summed E-state index contributed by atoms with van der Waals surface area (Å²) < 4.78 is 15.6. The number of likely N-dealkylation sites (tertiary alicyclic amines) is 1. The van der Waals surface area contributed by atoms with Crippen LogP contribution in [0.2, 0.25) is 5.02 Å². The summed E-state index contributed by atoms with van der Waals surface area (Å²) in [5, 5.41) is 12.9. The van der Waals surface area contributed by atoms with Gasteiger partial charge < -0.3 is 10.2 Å². The molecule has 6 nitrogen and oxygen atoms in total. The Balaban J connectivity index is 1.17. The normalized spacial score (nSPS) is 23.7. The molecule has 3 amide bonds. The summed E-state index contributed by atoms with van der Waals surface area (Å²) in [4.78, 5) is 29.5. The van der Waals surface area contributed by atoms with Gasteiger partial charge in [-0.3, -0.25) is 9.69 Å². The number of carbonyl (C=O) groups is 2. The number of fused-ring (bicyclic) bond motifs is 2. The highest BCUT2D eigenvalue weighted by atomic mass is 35.5. The molecule has 2 fully saturated rings. The quantitative estimate of drug-likeness (QED) is 0.649. The lowest BCUT2D eigenvalue weighted by atomic mass is 9.83. The van der Waals surface area contributed by atoms with Gasteiger partial charge in [-0.25, -0.2) is 9.18 Å². The maximum atomic E-state index is 15.6. The van der Waals surface area contributed by atoms with Crippen LogP contribution in [0.5, 0.6) is 0 Å². The minimum Gasteiger partial charge on any atom is -0.319 e. The first-order chi connectivity index (χ1) is 16.4. The van der Waals surface area contributed by atoms with Gasteiger partial charge >= 0.3 is 6.03 Å². The van der Waals surface area contributed by atoms with E-state index < -0.39 is 11.2 Å². The van der Waals surface area contributed by atoms with E-state index >= 15 is 4.39 Å². The first kappa shape index (κ1) is 22.8. The van der Waals surface area contributed by atoms with E-state index in [9.17, 15) is 14.9 Å². The average Bonchev–Trinajstić information content (AvgIpc) is 3.32. The van der Waals surface area contributed by atoms with Crippen LogP contribution in [-0.2, 0) is 22.4 Å². The van der Waals surface area contributed by atoms with E-state index in [1.54, 1.807) is 30.3 Å². The maximum Gasteiger partial charge on any atom is 0.325 e. The lowest BCUT2D eigenvalue weighted by molar-refractivity contribution is -0.131. The second-order valence-corrected chi connectivity index (χ2v) is 9.85. The predicted octanol–water partition coefficient (Wildman–Crippen LogP) is 4.26. The number of aryl methyl sites for hydroxylation is 1. The van der Waals surface area contributed by atoms with Gasteiger partial charge in [0.1, 0.15) is 11.2 Å². The van der Waals surface area contributed by atoms with E-state index in [0.29, 0.717) is 74.4 Å². The van der Waals surface area contributed by atoms with E-state index in [1.807, 2.05) is 12.1 Å². The number of rotatable bonds is 5. The van der Waals surface area contributed by atoms with Gasteiger partial charge in [0.25, 0.3) is 5.91 Å². The Morgan fingerprint density at radius 2 is 1.82 bits per heavy atom. The molecule has 176 valence electrons. The third kappa shape index (κ3) is 3.75. The zero-order chi connectivity index (χ0) is 23.9.